The van der Waals surface area contributed by atoms with Gasteiger partial charge in [-0.1, -0.05) is 124 Å². The molecule has 0 aliphatic heterocycles. The Bertz CT molecular complexity index is 1250. The minimum Gasteiger partial charge on any atom is -0.330 e. The molecule has 2 aliphatic carbocycles. The second-order valence-electron chi connectivity index (χ2n) is 14.1. The number of halogens is 1. The van der Waals surface area contributed by atoms with E-state index in [4.69, 9.17) is 17.3 Å². The molecular weight excluding hydrogens is 679 g/mol. The number of benzene rings is 3. The molecule has 2 fully saturated rings. The summed E-state index contributed by atoms with van der Waals surface area (Å²) in [6.45, 7) is 14.9. The molecular formula is C41H58ClNPPd+. The molecule has 2 N–H and O–H groups in total. The van der Waals surface area contributed by atoms with Gasteiger partial charge < -0.3 is 5.73 Å². The van der Waals surface area contributed by atoms with E-state index in [1.54, 1.807) is 5.30 Å². The van der Waals surface area contributed by atoms with Crippen molar-refractivity contribution in [2.75, 3.05) is 6.54 Å². The Morgan fingerprint density at radius 1 is 0.756 bits per heavy atom. The van der Waals surface area contributed by atoms with E-state index in [9.17, 15) is 0 Å². The SMILES string of the molecule is CC(C)c1cc(C(C)C)c(-c2cccc(Cl)c2P(C2CCCCC2)C2CCCCC2)c(C(C)C)c1.NCCc1[c-]cccc1.[Pd+2]. The van der Waals surface area contributed by atoms with Crippen LogP contribution in [0.1, 0.15) is 146 Å². The zero-order valence-corrected chi connectivity index (χ0v) is 32.0. The molecule has 0 spiro atoms. The molecule has 4 heteroatoms. The van der Waals surface area contributed by atoms with E-state index in [1.807, 2.05) is 24.3 Å². The summed E-state index contributed by atoms with van der Waals surface area (Å²) in [6, 6.07) is 22.9. The molecule has 0 unspecified atom stereocenters. The van der Waals surface area contributed by atoms with E-state index in [0.29, 0.717) is 24.3 Å². The maximum absolute atomic E-state index is 7.27. The Labute approximate surface area is 296 Å². The fraction of sp³-hybridized carbons (Fsp3) is 0.561. The van der Waals surface area contributed by atoms with Gasteiger partial charge in [-0.05, 0) is 102 Å². The van der Waals surface area contributed by atoms with Gasteiger partial charge in [0.15, 0.2) is 0 Å². The summed E-state index contributed by atoms with van der Waals surface area (Å²) in [7, 11) is -0.273. The van der Waals surface area contributed by atoms with Gasteiger partial charge in [-0.15, -0.1) is 0 Å². The third-order valence-electron chi connectivity index (χ3n) is 9.77. The van der Waals surface area contributed by atoms with Crippen LogP contribution in [0.25, 0.3) is 11.1 Å². The molecule has 3 aromatic rings. The first-order valence-corrected chi connectivity index (χ1v) is 19.5. The van der Waals surface area contributed by atoms with Gasteiger partial charge in [0.05, 0.1) is 0 Å². The van der Waals surface area contributed by atoms with Crippen molar-refractivity contribution < 1.29 is 20.4 Å². The third kappa shape index (κ3) is 10.2. The summed E-state index contributed by atoms with van der Waals surface area (Å²) in [5.41, 5.74) is 15.7. The Kier molecular flexibility index (Phi) is 16.3. The van der Waals surface area contributed by atoms with Gasteiger partial charge in [-0.2, -0.15) is 35.9 Å². The molecule has 45 heavy (non-hydrogen) atoms. The molecule has 1 nitrogen and oxygen atoms in total. The van der Waals surface area contributed by atoms with E-state index in [0.717, 1.165) is 22.8 Å². The number of nitrogens with two attached hydrogens (primary N) is 1. The van der Waals surface area contributed by atoms with Crippen LogP contribution in [0.2, 0.25) is 5.02 Å². The number of hydrogen-bond donors (Lipinski definition) is 1. The fourth-order valence-corrected chi connectivity index (χ4v) is 11.8. The molecule has 0 heterocycles. The van der Waals surface area contributed by atoms with Crippen LogP contribution in [0.4, 0.5) is 0 Å². The van der Waals surface area contributed by atoms with E-state index in [2.05, 4.69) is 77.9 Å². The minimum absolute atomic E-state index is 0. The average molecular weight is 738 g/mol. The molecule has 0 saturated heterocycles. The van der Waals surface area contributed by atoms with Crippen molar-refractivity contribution in [2.24, 2.45) is 5.73 Å². The van der Waals surface area contributed by atoms with E-state index in [1.165, 1.54) is 97.6 Å². The number of hydrogen-bond acceptors (Lipinski definition) is 1. The van der Waals surface area contributed by atoms with Gasteiger partial charge in [-0.3, -0.25) is 0 Å². The predicted octanol–water partition coefficient (Wildman–Crippen LogP) is 12.1. The van der Waals surface area contributed by atoms with Crippen molar-refractivity contribution in [1.82, 2.24) is 0 Å². The molecule has 2 aliphatic rings. The Hall–Kier alpha value is -0.998. The summed E-state index contributed by atoms with van der Waals surface area (Å²) in [4.78, 5) is 0. The fourth-order valence-electron chi connectivity index (χ4n) is 7.37. The second-order valence-corrected chi connectivity index (χ2v) is 17.2. The summed E-state index contributed by atoms with van der Waals surface area (Å²) >= 11 is 7.27. The van der Waals surface area contributed by atoms with Crippen LogP contribution in [0.15, 0.2) is 54.6 Å². The average Bonchev–Trinajstić information content (AvgIpc) is 3.03. The zero-order valence-electron chi connectivity index (χ0n) is 28.8. The topological polar surface area (TPSA) is 26.0 Å². The molecule has 5 rings (SSSR count). The first-order valence-electron chi connectivity index (χ1n) is 17.6. The van der Waals surface area contributed by atoms with Crippen LogP contribution >= 0.6 is 19.5 Å². The van der Waals surface area contributed by atoms with Gasteiger partial charge >= 0.3 is 20.4 Å². The van der Waals surface area contributed by atoms with Crippen molar-refractivity contribution in [3.05, 3.63) is 87.9 Å². The van der Waals surface area contributed by atoms with Gasteiger partial charge in [-0.25, -0.2) is 0 Å². The molecule has 0 amide bonds. The van der Waals surface area contributed by atoms with Gasteiger partial charge in [0.1, 0.15) is 0 Å². The quantitative estimate of drug-likeness (QED) is 0.132. The van der Waals surface area contributed by atoms with E-state index in [-0.39, 0.29) is 28.3 Å². The Morgan fingerprint density at radius 3 is 1.76 bits per heavy atom. The zero-order chi connectivity index (χ0) is 31.6. The largest absolute Gasteiger partial charge is 2.00 e. The molecule has 2 saturated carbocycles. The van der Waals surface area contributed by atoms with Crippen molar-refractivity contribution in [1.29, 1.82) is 0 Å². The first kappa shape index (κ1) is 38.5. The number of rotatable bonds is 9. The van der Waals surface area contributed by atoms with Gasteiger partial charge in [0.2, 0.25) is 0 Å². The van der Waals surface area contributed by atoms with Crippen LogP contribution in [0.3, 0.4) is 0 Å². The Balaban J connectivity index is 0.000000476. The van der Waals surface area contributed by atoms with E-state index >= 15 is 0 Å². The van der Waals surface area contributed by atoms with Crippen molar-refractivity contribution >= 4 is 24.8 Å². The van der Waals surface area contributed by atoms with Crippen molar-refractivity contribution in [3.8, 4) is 11.1 Å². The summed E-state index contributed by atoms with van der Waals surface area (Å²) < 4.78 is 0. The van der Waals surface area contributed by atoms with E-state index < -0.39 is 0 Å². The van der Waals surface area contributed by atoms with Crippen LogP contribution < -0.4 is 11.0 Å². The Morgan fingerprint density at radius 2 is 1.31 bits per heavy atom. The van der Waals surface area contributed by atoms with Crippen LogP contribution in [0.5, 0.6) is 0 Å². The maximum atomic E-state index is 7.27. The van der Waals surface area contributed by atoms with Crippen LogP contribution in [-0.2, 0) is 26.8 Å². The predicted molar refractivity (Wildman–Crippen MR) is 197 cm³/mol. The van der Waals surface area contributed by atoms with Crippen LogP contribution in [0, 0.1) is 6.07 Å². The molecule has 0 radical (unpaired) electrons. The smallest absolute Gasteiger partial charge is 0.330 e. The summed E-state index contributed by atoms with van der Waals surface area (Å²) in [6.07, 6.45) is 15.1. The normalized spacial score (nSPS) is 16.2. The standard InChI is InChI=1S/C33H48ClP.C8H10N.Pd/c1-22(2)25-20-29(23(3)4)32(30(21-25)24(5)6)28-18-13-19-31(34)33(28)35(26-14-9-7-10-15-26)27-16-11-8-12-17-27;9-7-6-8-4-2-1-3-5-8;/h13,18-24,26-27H,7-12,14-17H2,1-6H3;1-4H,6-7,9H2;/q;-1;+2. The second kappa shape index (κ2) is 19.1. The summed E-state index contributed by atoms with van der Waals surface area (Å²) in [5.74, 6) is 1.52. The van der Waals surface area contributed by atoms with Crippen molar-refractivity contribution in [3.63, 3.8) is 0 Å². The molecule has 0 atom stereocenters. The maximum Gasteiger partial charge on any atom is 2.00 e. The van der Waals surface area contributed by atoms with Crippen LogP contribution in [-0.4, -0.2) is 17.9 Å². The van der Waals surface area contributed by atoms with Crippen molar-refractivity contribution in [2.45, 2.75) is 141 Å². The summed E-state index contributed by atoms with van der Waals surface area (Å²) in [5, 5.41) is 2.60. The molecule has 3 aromatic carbocycles. The first-order chi connectivity index (χ1) is 21.2. The minimum atomic E-state index is -0.273. The molecule has 0 bridgehead atoms. The molecule has 248 valence electrons. The third-order valence-corrected chi connectivity index (χ3v) is 13.8. The van der Waals surface area contributed by atoms with Gasteiger partial charge in [0, 0.05) is 10.3 Å². The monoisotopic (exact) mass is 736 g/mol. The van der Waals surface area contributed by atoms with Gasteiger partial charge in [0.25, 0.3) is 0 Å². The molecule has 0 aromatic heterocycles.